The van der Waals surface area contributed by atoms with Crippen molar-refractivity contribution in [3.8, 4) is 5.75 Å². The number of benzene rings is 2. The number of carbonyl (C=O) groups excluding carboxylic acids is 1. The molecule has 0 fully saturated rings. The molecular formula is C16H17FN2O2. The van der Waals surface area contributed by atoms with Crippen LogP contribution in [0.15, 0.2) is 48.5 Å². The molecule has 5 heteroatoms. The van der Waals surface area contributed by atoms with Crippen molar-refractivity contribution >= 4 is 11.7 Å². The number of phenols is 1. The third-order valence-electron chi connectivity index (χ3n) is 3.38. The first-order valence-corrected chi connectivity index (χ1v) is 6.56. The molecule has 1 atom stereocenters. The summed E-state index contributed by atoms with van der Waals surface area (Å²) in [6.07, 6.45) is 0. The fraction of sp³-hybridized carbons (Fsp3) is 0.188. The Hall–Kier alpha value is -2.56. The van der Waals surface area contributed by atoms with Crippen LogP contribution in [0.5, 0.6) is 5.75 Å². The maximum atomic E-state index is 12.8. The van der Waals surface area contributed by atoms with Gasteiger partial charge in [0.05, 0.1) is 6.04 Å². The minimum atomic E-state index is -0.357. The predicted molar refractivity (Wildman–Crippen MR) is 79.7 cm³/mol. The van der Waals surface area contributed by atoms with Gasteiger partial charge in [-0.1, -0.05) is 18.2 Å². The number of halogens is 1. The number of anilines is 1. The lowest BCUT2D eigenvalue weighted by Gasteiger charge is -2.26. The maximum absolute atomic E-state index is 12.8. The highest BCUT2D eigenvalue weighted by atomic mass is 19.1. The van der Waals surface area contributed by atoms with Gasteiger partial charge in [0.25, 0.3) is 0 Å². The Kier molecular flexibility index (Phi) is 4.42. The summed E-state index contributed by atoms with van der Waals surface area (Å²) in [7, 11) is 1.63. The van der Waals surface area contributed by atoms with Crippen LogP contribution in [0.3, 0.4) is 0 Å². The molecule has 0 aromatic heterocycles. The topological polar surface area (TPSA) is 52.6 Å². The average molecular weight is 288 g/mol. The lowest BCUT2D eigenvalue weighted by Crippen LogP contribution is -2.33. The molecule has 0 saturated carbocycles. The number of urea groups is 1. The number of rotatable bonds is 3. The van der Waals surface area contributed by atoms with Crippen LogP contribution >= 0.6 is 0 Å². The van der Waals surface area contributed by atoms with Crippen LogP contribution in [0.1, 0.15) is 18.5 Å². The zero-order chi connectivity index (χ0) is 15.4. The van der Waals surface area contributed by atoms with E-state index in [0.29, 0.717) is 11.3 Å². The van der Waals surface area contributed by atoms with Gasteiger partial charge in [-0.05, 0) is 37.3 Å². The molecule has 0 bridgehead atoms. The van der Waals surface area contributed by atoms with Gasteiger partial charge < -0.3 is 15.3 Å². The molecule has 2 amide bonds. The number of para-hydroxylation sites is 1. The summed E-state index contributed by atoms with van der Waals surface area (Å²) in [6.45, 7) is 1.82. The van der Waals surface area contributed by atoms with Crippen LogP contribution in [-0.4, -0.2) is 23.1 Å². The van der Waals surface area contributed by atoms with Gasteiger partial charge in [0.2, 0.25) is 0 Å². The number of phenolic OH excluding ortho intramolecular Hbond substituents is 1. The van der Waals surface area contributed by atoms with Gasteiger partial charge in [0, 0.05) is 18.3 Å². The van der Waals surface area contributed by atoms with Crippen LogP contribution in [0.4, 0.5) is 14.9 Å². The quantitative estimate of drug-likeness (QED) is 0.903. The van der Waals surface area contributed by atoms with E-state index in [4.69, 9.17) is 0 Å². The average Bonchev–Trinajstić information content (AvgIpc) is 2.48. The van der Waals surface area contributed by atoms with E-state index >= 15 is 0 Å². The largest absolute Gasteiger partial charge is 0.508 e. The Bertz CT molecular complexity index is 628. The second-order valence-electron chi connectivity index (χ2n) is 4.78. The number of amides is 2. The van der Waals surface area contributed by atoms with Crippen LogP contribution in [-0.2, 0) is 0 Å². The van der Waals surface area contributed by atoms with Gasteiger partial charge in [-0.15, -0.1) is 0 Å². The summed E-state index contributed by atoms with van der Waals surface area (Å²) in [5.74, 6) is -0.213. The SMILES string of the molecule is CC(c1ccccc1O)N(C)C(=O)Nc1ccc(F)cc1. The van der Waals surface area contributed by atoms with Gasteiger partial charge in [0.1, 0.15) is 11.6 Å². The van der Waals surface area contributed by atoms with Crippen molar-refractivity contribution in [3.05, 3.63) is 59.9 Å². The van der Waals surface area contributed by atoms with Crippen LogP contribution < -0.4 is 5.32 Å². The molecule has 2 rings (SSSR count). The number of hydrogen-bond acceptors (Lipinski definition) is 2. The van der Waals surface area contributed by atoms with E-state index in [-0.39, 0.29) is 23.6 Å². The Morgan fingerprint density at radius 1 is 1.19 bits per heavy atom. The van der Waals surface area contributed by atoms with Crippen molar-refractivity contribution in [2.75, 3.05) is 12.4 Å². The second-order valence-corrected chi connectivity index (χ2v) is 4.78. The molecule has 4 nitrogen and oxygen atoms in total. The molecular weight excluding hydrogens is 271 g/mol. The third kappa shape index (κ3) is 3.51. The summed E-state index contributed by atoms with van der Waals surface area (Å²) in [5, 5.41) is 12.5. The normalized spacial score (nSPS) is 11.8. The van der Waals surface area contributed by atoms with E-state index in [1.165, 1.54) is 29.2 Å². The molecule has 110 valence electrons. The van der Waals surface area contributed by atoms with E-state index in [2.05, 4.69) is 5.32 Å². The van der Waals surface area contributed by atoms with Gasteiger partial charge >= 0.3 is 6.03 Å². The first-order valence-electron chi connectivity index (χ1n) is 6.56. The highest BCUT2D eigenvalue weighted by molar-refractivity contribution is 5.89. The van der Waals surface area contributed by atoms with E-state index in [0.717, 1.165) is 0 Å². The standard InChI is InChI=1S/C16H17FN2O2/c1-11(14-5-3-4-6-15(14)20)19(2)16(21)18-13-9-7-12(17)8-10-13/h3-11,20H,1-2H3,(H,18,21). The fourth-order valence-electron chi connectivity index (χ4n) is 1.97. The third-order valence-corrected chi connectivity index (χ3v) is 3.38. The Morgan fingerprint density at radius 3 is 2.43 bits per heavy atom. The number of nitrogens with one attached hydrogen (secondary N) is 1. The monoisotopic (exact) mass is 288 g/mol. The van der Waals surface area contributed by atoms with Crippen molar-refractivity contribution in [2.45, 2.75) is 13.0 Å². The highest BCUT2D eigenvalue weighted by Crippen LogP contribution is 2.27. The first-order chi connectivity index (χ1) is 9.99. The van der Waals surface area contributed by atoms with Crippen molar-refractivity contribution in [3.63, 3.8) is 0 Å². The van der Waals surface area contributed by atoms with Crippen molar-refractivity contribution in [1.82, 2.24) is 4.90 Å². The number of nitrogens with zero attached hydrogens (tertiary/aromatic N) is 1. The number of aromatic hydroxyl groups is 1. The molecule has 0 radical (unpaired) electrons. The lowest BCUT2D eigenvalue weighted by molar-refractivity contribution is 0.207. The predicted octanol–water partition coefficient (Wildman–Crippen LogP) is 3.76. The lowest BCUT2D eigenvalue weighted by atomic mass is 10.1. The molecule has 0 spiro atoms. The van der Waals surface area contributed by atoms with Crippen molar-refractivity contribution < 1.29 is 14.3 Å². The molecule has 2 aromatic carbocycles. The summed E-state index contributed by atoms with van der Waals surface area (Å²) in [6, 6.07) is 11.8. The molecule has 0 aliphatic carbocycles. The summed E-state index contributed by atoms with van der Waals surface area (Å²) in [5.41, 5.74) is 1.17. The molecule has 0 aliphatic rings. The number of carbonyl (C=O) groups is 1. The molecule has 0 saturated heterocycles. The van der Waals surface area contributed by atoms with Crippen molar-refractivity contribution in [1.29, 1.82) is 0 Å². The Balaban J connectivity index is 2.08. The summed E-state index contributed by atoms with van der Waals surface area (Å²) in [4.78, 5) is 13.6. The molecule has 0 heterocycles. The van der Waals surface area contributed by atoms with E-state index in [1.54, 1.807) is 31.3 Å². The van der Waals surface area contributed by atoms with Gasteiger partial charge in [-0.2, -0.15) is 0 Å². The zero-order valence-corrected chi connectivity index (χ0v) is 11.9. The smallest absolute Gasteiger partial charge is 0.322 e. The summed E-state index contributed by atoms with van der Waals surface area (Å²) < 4.78 is 12.8. The van der Waals surface area contributed by atoms with Crippen LogP contribution in [0.2, 0.25) is 0 Å². The van der Waals surface area contributed by atoms with E-state index < -0.39 is 0 Å². The zero-order valence-electron chi connectivity index (χ0n) is 11.9. The maximum Gasteiger partial charge on any atom is 0.322 e. The molecule has 1 unspecified atom stereocenters. The van der Waals surface area contributed by atoms with Crippen LogP contribution in [0.25, 0.3) is 0 Å². The van der Waals surface area contributed by atoms with Crippen LogP contribution in [0, 0.1) is 5.82 Å². The van der Waals surface area contributed by atoms with Gasteiger partial charge in [0.15, 0.2) is 0 Å². The Morgan fingerprint density at radius 2 is 1.81 bits per heavy atom. The molecule has 2 N–H and O–H groups in total. The Labute approximate surface area is 122 Å². The van der Waals surface area contributed by atoms with E-state index in [9.17, 15) is 14.3 Å². The minimum absolute atomic E-state index is 0.145. The molecule has 21 heavy (non-hydrogen) atoms. The van der Waals surface area contributed by atoms with Gasteiger partial charge in [-0.25, -0.2) is 9.18 Å². The minimum Gasteiger partial charge on any atom is -0.508 e. The molecule has 0 aliphatic heterocycles. The van der Waals surface area contributed by atoms with Crippen molar-refractivity contribution in [2.24, 2.45) is 0 Å². The van der Waals surface area contributed by atoms with E-state index in [1.807, 2.05) is 6.92 Å². The number of hydrogen-bond donors (Lipinski definition) is 2. The highest BCUT2D eigenvalue weighted by Gasteiger charge is 2.19. The first kappa shape index (κ1) is 14.8. The second kappa shape index (κ2) is 6.26. The summed E-state index contributed by atoms with van der Waals surface area (Å²) >= 11 is 0. The molecule has 2 aromatic rings. The fourth-order valence-corrected chi connectivity index (χ4v) is 1.97. The van der Waals surface area contributed by atoms with Gasteiger partial charge in [-0.3, -0.25) is 0 Å².